The first-order valence-corrected chi connectivity index (χ1v) is 11.0. The third-order valence-electron chi connectivity index (χ3n) is 5.82. The smallest absolute Gasteiger partial charge is 0.341 e. The van der Waals surface area contributed by atoms with Gasteiger partial charge in [-0.05, 0) is 54.1 Å². The summed E-state index contributed by atoms with van der Waals surface area (Å²) in [6.45, 7) is 0. The van der Waals surface area contributed by atoms with Crippen LogP contribution in [-0.4, -0.2) is 22.0 Å². The number of hydrogen-bond donors (Lipinski definition) is 3. The Hall–Kier alpha value is -4.25. The maximum absolute atomic E-state index is 14.0. The zero-order chi connectivity index (χ0) is 26.5. The molecule has 2 amide bonds. The molecular formula is C25H14ClF5N4O2. The molecule has 188 valence electrons. The first-order chi connectivity index (χ1) is 17.5. The van der Waals surface area contributed by atoms with Crippen molar-refractivity contribution in [3.8, 4) is 11.1 Å². The molecule has 0 radical (unpaired) electrons. The minimum absolute atomic E-state index is 0.0280. The molecule has 0 fully saturated rings. The summed E-state index contributed by atoms with van der Waals surface area (Å²) in [5, 5.41) is 11.8. The topological polar surface area (TPSA) is 86.9 Å². The summed E-state index contributed by atoms with van der Waals surface area (Å²) in [5.41, 5.74) is -0.378. The van der Waals surface area contributed by atoms with Crippen LogP contribution in [0.5, 0.6) is 0 Å². The lowest BCUT2D eigenvalue weighted by Crippen LogP contribution is -2.21. The summed E-state index contributed by atoms with van der Waals surface area (Å²) in [7, 11) is 0. The third kappa shape index (κ3) is 4.65. The summed E-state index contributed by atoms with van der Waals surface area (Å²) in [5.74, 6) is -3.48. The first-order valence-electron chi connectivity index (χ1n) is 10.6. The van der Waals surface area contributed by atoms with E-state index in [-0.39, 0.29) is 33.5 Å². The van der Waals surface area contributed by atoms with Gasteiger partial charge in [0.15, 0.2) is 0 Å². The van der Waals surface area contributed by atoms with Crippen LogP contribution in [0.15, 0.2) is 60.9 Å². The van der Waals surface area contributed by atoms with Gasteiger partial charge in [-0.25, -0.2) is 8.78 Å². The van der Waals surface area contributed by atoms with Crippen LogP contribution in [0, 0.1) is 11.6 Å². The molecule has 3 aromatic carbocycles. The van der Waals surface area contributed by atoms with Gasteiger partial charge in [-0.1, -0.05) is 11.6 Å². The van der Waals surface area contributed by atoms with Gasteiger partial charge < -0.3 is 10.6 Å². The van der Waals surface area contributed by atoms with Gasteiger partial charge in [0, 0.05) is 44.7 Å². The van der Waals surface area contributed by atoms with Gasteiger partial charge in [-0.2, -0.15) is 18.3 Å². The fourth-order valence-electron chi connectivity index (χ4n) is 4.16. The average Bonchev–Trinajstić information content (AvgIpc) is 3.48. The second kappa shape index (κ2) is 9.00. The molecule has 0 aliphatic carbocycles. The number of nitrogens with zero attached hydrogens (tertiary/aromatic N) is 1. The van der Waals surface area contributed by atoms with Crippen molar-refractivity contribution in [3.05, 3.63) is 105 Å². The molecule has 6 nitrogen and oxygen atoms in total. The molecule has 4 aromatic rings. The number of fused-ring (bicyclic) bond motifs is 1. The molecule has 1 aliphatic rings. The Morgan fingerprint density at radius 3 is 2.49 bits per heavy atom. The lowest BCUT2D eigenvalue weighted by atomic mass is 9.93. The van der Waals surface area contributed by atoms with Crippen LogP contribution in [0.3, 0.4) is 0 Å². The molecule has 12 heteroatoms. The van der Waals surface area contributed by atoms with Crippen molar-refractivity contribution < 1.29 is 31.5 Å². The molecule has 0 saturated heterocycles. The number of amides is 2. The van der Waals surface area contributed by atoms with Gasteiger partial charge in [0.1, 0.15) is 11.6 Å². The molecule has 1 aromatic heterocycles. The summed E-state index contributed by atoms with van der Waals surface area (Å²) in [6.07, 6.45) is -1.89. The number of nitrogens with one attached hydrogen (secondary N) is 3. The van der Waals surface area contributed by atoms with Crippen molar-refractivity contribution in [1.29, 1.82) is 0 Å². The van der Waals surface area contributed by atoms with Crippen molar-refractivity contribution in [1.82, 2.24) is 15.5 Å². The number of carbonyl (C=O) groups excluding carboxylic acids is 2. The zero-order valence-electron chi connectivity index (χ0n) is 18.4. The van der Waals surface area contributed by atoms with E-state index >= 15 is 0 Å². The molecular weight excluding hydrogens is 519 g/mol. The highest BCUT2D eigenvalue weighted by Crippen LogP contribution is 2.42. The van der Waals surface area contributed by atoms with E-state index in [4.69, 9.17) is 11.6 Å². The Bertz CT molecular complexity index is 1550. The number of carbonyl (C=O) groups is 2. The number of rotatable bonds is 4. The van der Waals surface area contributed by atoms with Crippen molar-refractivity contribution in [2.24, 2.45) is 0 Å². The minimum atomic E-state index is -4.88. The van der Waals surface area contributed by atoms with E-state index in [2.05, 4.69) is 20.8 Å². The van der Waals surface area contributed by atoms with E-state index in [1.165, 1.54) is 30.6 Å². The number of hydrogen-bond acceptors (Lipinski definition) is 3. The van der Waals surface area contributed by atoms with E-state index in [0.717, 1.165) is 12.1 Å². The summed E-state index contributed by atoms with van der Waals surface area (Å²) in [4.78, 5) is 26.0. The molecule has 1 aliphatic heterocycles. The van der Waals surface area contributed by atoms with Crippen LogP contribution < -0.4 is 10.6 Å². The molecule has 3 N–H and O–H groups in total. The number of aromatic nitrogens is 2. The highest BCUT2D eigenvalue weighted by Gasteiger charge is 2.36. The van der Waals surface area contributed by atoms with Crippen molar-refractivity contribution in [3.63, 3.8) is 0 Å². The SMILES string of the molecule is O=C(Nc1cc(-c2cn[nH]c2)cc2c1[C@H](c1cc(F)ccc1Cl)NC2=O)c1cc(F)cc(C(F)(F)F)c1. The maximum Gasteiger partial charge on any atom is 0.416 e. The molecule has 5 rings (SSSR count). The Kier molecular flexibility index (Phi) is 5.95. The third-order valence-corrected chi connectivity index (χ3v) is 6.17. The first kappa shape index (κ1) is 24.4. The summed E-state index contributed by atoms with van der Waals surface area (Å²) < 4.78 is 67.6. The van der Waals surface area contributed by atoms with Crippen molar-refractivity contribution in [2.45, 2.75) is 12.2 Å². The Morgan fingerprint density at radius 1 is 1.00 bits per heavy atom. The maximum atomic E-state index is 14.0. The Balaban J connectivity index is 1.65. The number of benzene rings is 3. The largest absolute Gasteiger partial charge is 0.416 e. The molecule has 37 heavy (non-hydrogen) atoms. The predicted molar refractivity (Wildman–Crippen MR) is 124 cm³/mol. The lowest BCUT2D eigenvalue weighted by molar-refractivity contribution is -0.137. The standard InChI is InChI=1S/C25H14ClF5N4O2/c26-19-2-1-15(27)8-17(19)22-21-18(24(37)35-22)5-11(13-9-32-33-10-13)6-20(21)34-23(36)12-3-14(25(29,30)31)7-16(28)4-12/h1-10,22H,(H,32,33)(H,34,36)(H,35,37)/t22-/m0/s1. The van der Waals surface area contributed by atoms with Gasteiger partial charge in [0.25, 0.3) is 11.8 Å². The average molecular weight is 533 g/mol. The van der Waals surface area contributed by atoms with Gasteiger partial charge in [-0.15, -0.1) is 0 Å². The van der Waals surface area contributed by atoms with Crippen LogP contribution in [0.25, 0.3) is 11.1 Å². The zero-order valence-corrected chi connectivity index (χ0v) is 19.1. The Morgan fingerprint density at radius 2 is 1.78 bits per heavy atom. The fraction of sp³-hybridized carbons (Fsp3) is 0.0800. The molecule has 2 heterocycles. The van der Waals surface area contributed by atoms with E-state index in [0.29, 0.717) is 23.3 Å². The van der Waals surface area contributed by atoms with E-state index in [9.17, 15) is 31.5 Å². The lowest BCUT2D eigenvalue weighted by Gasteiger charge is -2.19. The number of halogens is 6. The summed E-state index contributed by atoms with van der Waals surface area (Å²) >= 11 is 6.27. The number of alkyl halides is 3. The quantitative estimate of drug-likeness (QED) is 0.277. The highest BCUT2D eigenvalue weighted by atomic mass is 35.5. The Labute approximate surface area is 210 Å². The number of anilines is 1. The number of aromatic amines is 1. The molecule has 0 unspecified atom stereocenters. The van der Waals surface area contributed by atoms with E-state index in [1.807, 2.05) is 0 Å². The second-order valence-electron chi connectivity index (χ2n) is 8.22. The predicted octanol–water partition coefficient (Wildman–Crippen LogP) is 6.11. The van der Waals surface area contributed by atoms with Crippen molar-refractivity contribution >= 4 is 29.1 Å². The van der Waals surface area contributed by atoms with Gasteiger partial charge >= 0.3 is 6.18 Å². The number of H-pyrrole nitrogens is 1. The van der Waals surface area contributed by atoms with Crippen LogP contribution >= 0.6 is 11.6 Å². The van der Waals surface area contributed by atoms with Crippen LogP contribution in [0.4, 0.5) is 27.6 Å². The minimum Gasteiger partial charge on any atom is -0.341 e. The van der Waals surface area contributed by atoms with Crippen molar-refractivity contribution in [2.75, 3.05) is 5.32 Å². The van der Waals surface area contributed by atoms with Gasteiger partial charge in [0.05, 0.1) is 17.8 Å². The molecule has 0 spiro atoms. The normalized spacial score (nSPS) is 14.9. The molecule has 0 saturated carbocycles. The van der Waals surface area contributed by atoms with E-state index < -0.39 is 46.8 Å². The van der Waals surface area contributed by atoms with Gasteiger partial charge in [-0.3, -0.25) is 14.7 Å². The van der Waals surface area contributed by atoms with E-state index in [1.54, 1.807) is 0 Å². The highest BCUT2D eigenvalue weighted by molar-refractivity contribution is 6.31. The fourth-order valence-corrected chi connectivity index (χ4v) is 4.39. The van der Waals surface area contributed by atoms with Crippen LogP contribution in [-0.2, 0) is 6.18 Å². The van der Waals surface area contributed by atoms with Gasteiger partial charge in [0.2, 0.25) is 0 Å². The molecule has 1 atom stereocenters. The summed E-state index contributed by atoms with van der Waals surface area (Å²) in [6, 6.07) is 7.04. The monoisotopic (exact) mass is 532 g/mol. The molecule has 0 bridgehead atoms. The second-order valence-corrected chi connectivity index (χ2v) is 8.63. The van der Waals surface area contributed by atoms with Crippen LogP contribution in [0.1, 0.15) is 43.4 Å². The van der Waals surface area contributed by atoms with Crippen LogP contribution in [0.2, 0.25) is 5.02 Å².